The van der Waals surface area contributed by atoms with E-state index in [1.165, 1.54) is 28.7 Å². The third-order valence-corrected chi connectivity index (χ3v) is 7.23. The van der Waals surface area contributed by atoms with Crippen molar-refractivity contribution >= 4 is 45.0 Å². The lowest BCUT2D eigenvalue weighted by Crippen LogP contribution is -2.30. The second-order valence-corrected chi connectivity index (χ2v) is 9.53. The summed E-state index contributed by atoms with van der Waals surface area (Å²) in [6, 6.07) is 7.00. The minimum Gasteiger partial charge on any atom is -0.323 e. The maximum atomic E-state index is 13.8. The normalized spacial score (nSPS) is 12.8. The molecule has 0 fully saturated rings. The summed E-state index contributed by atoms with van der Waals surface area (Å²) in [5, 5.41) is 2.65. The van der Waals surface area contributed by atoms with E-state index in [1.54, 1.807) is 26.8 Å². The molecule has 1 unspecified atom stereocenters. The first-order chi connectivity index (χ1) is 13.2. The molecule has 0 aliphatic rings. The van der Waals surface area contributed by atoms with Crippen molar-refractivity contribution in [3.8, 4) is 0 Å². The Morgan fingerprint density at radius 2 is 1.96 bits per heavy atom. The van der Waals surface area contributed by atoms with Crippen LogP contribution in [0.2, 0.25) is 5.02 Å². The van der Waals surface area contributed by atoms with Crippen molar-refractivity contribution in [3.63, 3.8) is 0 Å². The van der Waals surface area contributed by atoms with Gasteiger partial charge in [-0.15, -0.1) is 0 Å². The van der Waals surface area contributed by atoms with Crippen LogP contribution in [0.4, 0.5) is 10.1 Å². The summed E-state index contributed by atoms with van der Waals surface area (Å²) in [6.07, 6.45) is 1.28. The monoisotopic (exact) mass is 445 g/mol. The summed E-state index contributed by atoms with van der Waals surface area (Å²) in [4.78, 5) is 16.5. The lowest BCUT2D eigenvalue weighted by Gasteiger charge is -2.18. The van der Waals surface area contributed by atoms with E-state index in [0.717, 1.165) is 17.8 Å². The number of rotatable bonds is 8. The minimum atomic E-state index is -3.58. The van der Waals surface area contributed by atoms with Gasteiger partial charge in [0.15, 0.2) is 0 Å². The molecule has 0 saturated carbocycles. The smallest absolute Gasteiger partial charge is 0.244 e. The topological polar surface area (TPSA) is 79.4 Å². The zero-order chi connectivity index (χ0) is 20.9. The highest BCUT2D eigenvalue weighted by Crippen LogP contribution is 2.25. The van der Waals surface area contributed by atoms with Gasteiger partial charge in [-0.05, 0) is 37.3 Å². The summed E-state index contributed by atoms with van der Waals surface area (Å²) in [5.41, 5.74) is 0.0375. The highest BCUT2D eigenvalue weighted by atomic mass is 35.5. The third-order valence-electron chi connectivity index (χ3n) is 3.91. The van der Waals surface area contributed by atoms with Crippen LogP contribution in [0.25, 0.3) is 0 Å². The van der Waals surface area contributed by atoms with Crippen LogP contribution in [0.1, 0.15) is 20.8 Å². The van der Waals surface area contributed by atoms with E-state index in [-0.39, 0.29) is 15.6 Å². The molecule has 1 aromatic carbocycles. The van der Waals surface area contributed by atoms with Crippen LogP contribution in [0.5, 0.6) is 0 Å². The molecule has 1 heterocycles. The fourth-order valence-corrected chi connectivity index (χ4v) is 4.71. The lowest BCUT2D eigenvalue weighted by atomic mass is 10.3. The molecule has 1 amide bonds. The van der Waals surface area contributed by atoms with Crippen molar-refractivity contribution in [1.29, 1.82) is 0 Å². The van der Waals surface area contributed by atoms with Crippen molar-refractivity contribution in [1.82, 2.24) is 9.29 Å². The average Bonchev–Trinajstić information content (AvgIpc) is 2.65. The van der Waals surface area contributed by atoms with Crippen LogP contribution >= 0.6 is 23.4 Å². The quantitative estimate of drug-likeness (QED) is 0.620. The third kappa shape index (κ3) is 5.44. The Bertz CT molecular complexity index is 936. The Labute approximate surface area is 173 Å². The number of carbonyl (C=O) groups excluding carboxylic acids is 1. The number of nitrogens with one attached hydrogen (secondary N) is 1. The van der Waals surface area contributed by atoms with E-state index < -0.39 is 27.0 Å². The summed E-state index contributed by atoms with van der Waals surface area (Å²) >= 11 is 6.83. The molecule has 2 aromatic rings. The molecule has 28 heavy (non-hydrogen) atoms. The van der Waals surface area contributed by atoms with Gasteiger partial charge in [0, 0.05) is 24.3 Å². The number of pyridine rings is 1. The fraction of sp³-hybridized carbons (Fsp3) is 0.333. The van der Waals surface area contributed by atoms with Crippen molar-refractivity contribution in [3.05, 3.63) is 47.4 Å². The Morgan fingerprint density at radius 3 is 2.50 bits per heavy atom. The Morgan fingerprint density at radius 1 is 1.29 bits per heavy atom. The van der Waals surface area contributed by atoms with Gasteiger partial charge in [-0.2, -0.15) is 4.31 Å². The van der Waals surface area contributed by atoms with Crippen LogP contribution in [0.3, 0.4) is 0 Å². The maximum Gasteiger partial charge on any atom is 0.244 e. The molecule has 1 N–H and O–H groups in total. The van der Waals surface area contributed by atoms with E-state index in [0.29, 0.717) is 18.1 Å². The summed E-state index contributed by atoms with van der Waals surface area (Å²) in [7, 11) is -3.58. The van der Waals surface area contributed by atoms with Crippen LogP contribution in [-0.2, 0) is 14.8 Å². The van der Waals surface area contributed by atoms with Gasteiger partial charge >= 0.3 is 0 Å². The Kier molecular flexibility index (Phi) is 7.82. The first-order valence-corrected chi connectivity index (χ1v) is 11.3. The second-order valence-electron chi connectivity index (χ2n) is 5.79. The average molecular weight is 446 g/mol. The molecule has 1 atom stereocenters. The number of hydrogen-bond donors (Lipinski definition) is 1. The zero-order valence-corrected chi connectivity index (χ0v) is 18.0. The van der Waals surface area contributed by atoms with E-state index in [9.17, 15) is 17.6 Å². The van der Waals surface area contributed by atoms with Gasteiger partial charge in [0.2, 0.25) is 15.9 Å². The zero-order valence-electron chi connectivity index (χ0n) is 15.6. The summed E-state index contributed by atoms with van der Waals surface area (Å²) in [6.45, 7) is 5.92. The minimum absolute atomic E-state index is 0.0375. The predicted molar refractivity (Wildman–Crippen MR) is 110 cm³/mol. The predicted octanol–water partition coefficient (Wildman–Crippen LogP) is 4.02. The van der Waals surface area contributed by atoms with Crippen LogP contribution in [-0.4, -0.2) is 42.0 Å². The molecule has 0 saturated heterocycles. The van der Waals surface area contributed by atoms with Gasteiger partial charge in [0.05, 0.1) is 16.0 Å². The standard InChI is InChI=1S/C18H21ClFN3O3S2/c1-4-23(5-2)28(25,26)14-7-9-17(21-11-14)27-12(3)18(24)22-16-8-6-13(19)10-15(16)20/h6-12H,4-5H2,1-3H3,(H,22,24). The number of carbonyl (C=O) groups is 1. The number of benzene rings is 1. The fourth-order valence-electron chi connectivity index (χ4n) is 2.36. The molecule has 0 spiro atoms. The summed E-state index contributed by atoms with van der Waals surface area (Å²) < 4.78 is 40.1. The largest absolute Gasteiger partial charge is 0.323 e. The molecule has 10 heteroatoms. The summed E-state index contributed by atoms with van der Waals surface area (Å²) in [5.74, 6) is -1.03. The van der Waals surface area contributed by atoms with Gasteiger partial charge in [-0.3, -0.25) is 4.79 Å². The first-order valence-electron chi connectivity index (χ1n) is 8.57. The number of sulfonamides is 1. The molecule has 0 bridgehead atoms. The van der Waals surface area contributed by atoms with Crippen LogP contribution in [0, 0.1) is 5.82 Å². The van der Waals surface area contributed by atoms with Crippen molar-refractivity contribution < 1.29 is 17.6 Å². The molecule has 0 radical (unpaired) electrons. The number of halogens is 2. The number of nitrogens with zero attached hydrogens (tertiary/aromatic N) is 2. The second kappa shape index (κ2) is 9.69. The van der Waals surface area contributed by atoms with Gasteiger partial charge in [-0.25, -0.2) is 17.8 Å². The maximum absolute atomic E-state index is 13.8. The van der Waals surface area contributed by atoms with Crippen LogP contribution < -0.4 is 5.32 Å². The van der Waals surface area contributed by atoms with Crippen molar-refractivity contribution in [2.24, 2.45) is 0 Å². The highest BCUT2D eigenvalue weighted by Gasteiger charge is 2.22. The van der Waals surface area contributed by atoms with Gasteiger partial charge in [-0.1, -0.05) is 37.2 Å². The van der Waals surface area contributed by atoms with Gasteiger partial charge < -0.3 is 5.32 Å². The van der Waals surface area contributed by atoms with Crippen molar-refractivity contribution in [2.45, 2.75) is 35.9 Å². The molecule has 0 aliphatic carbocycles. The molecule has 152 valence electrons. The van der Waals surface area contributed by atoms with E-state index in [2.05, 4.69) is 10.3 Å². The number of hydrogen-bond acceptors (Lipinski definition) is 5. The number of anilines is 1. The Hall–Kier alpha value is -1.68. The first kappa shape index (κ1) is 22.6. The number of amides is 1. The van der Waals surface area contributed by atoms with E-state index in [4.69, 9.17) is 11.6 Å². The number of aromatic nitrogens is 1. The van der Waals surface area contributed by atoms with E-state index in [1.807, 2.05) is 0 Å². The van der Waals surface area contributed by atoms with Gasteiger partial charge in [0.25, 0.3) is 0 Å². The lowest BCUT2D eigenvalue weighted by molar-refractivity contribution is -0.115. The Balaban J connectivity index is 2.06. The SMILES string of the molecule is CCN(CC)S(=O)(=O)c1ccc(SC(C)C(=O)Nc2ccc(Cl)cc2F)nc1. The van der Waals surface area contributed by atoms with Crippen LogP contribution in [0.15, 0.2) is 46.5 Å². The highest BCUT2D eigenvalue weighted by molar-refractivity contribution is 8.00. The molecule has 0 aliphatic heterocycles. The molecular formula is C18H21ClFN3O3S2. The van der Waals surface area contributed by atoms with Crippen molar-refractivity contribution in [2.75, 3.05) is 18.4 Å². The molecular weight excluding hydrogens is 425 g/mol. The molecule has 6 nitrogen and oxygen atoms in total. The van der Waals surface area contributed by atoms with Gasteiger partial charge in [0.1, 0.15) is 10.7 Å². The molecule has 1 aromatic heterocycles. The number of thioether (sulfide) groups is 1. The van der Waals surface area contributed by atoms with E-state index >= 15 is 0 Å². The molecule has 2 rings (SSSR count).